The van der Waals surface area contributed by atoms with E-state index in [1.165, 1.54) is 23.4 Å². The molecule has 0 radical (unpaired) electrons. The number of nitrogen functional groups attached to an aromatic ring is 1. The van der Waals surface area contributed by atoms with Crippen LogP contribution in [0, 0.1) is 12.7 Å². The van der Waals surface area contributed by atoms with Crippen LogP contribution in [0.4, 0.5) is 10.1 Å². The van der Waals surface area contributed by atoms with Gasteiger partial charge in [-0.1, -0.05) is 6.92 Å². The molecule has 118 valence electrons. The Bertz CT molecular complexity index is 610. The molecule has 0 amide bonds. The molecule has 1 aromatic rings. The molecule has 0 saturated carbocycles. The van der Waals surface area contributed by atoms with E-state index in [9.17, 15) is 12.8 Å². The van der Waals surface area contributed by atoms with Gasteiger partial charge in [-0.15, -0.1) is 0 Å². The highest BCUT2D eigenvalue weighted by Crippen LogP contribution is 2.27. The van der Waals surface area contributed by atoms with Crippen molar-refractivity contribution in [3.05, 3.63) is 23.5 Å². The minimum absolute atomic E-state index is 0.0338. The third-order valence-electron chi connectivity index (χ3n) is 3.75. The van der Waals surface area contributed by atoms with Crippen LogP contribution in [-0.4, -0.2) is 38.0 Å². The summed E-state index contributed by atoms with van der Waals surface area (Å²) in [7, 11) is -3.71. The highest BCUT2D eigenvalue weighted by molar-refractivity contribution is 7.89. The maximum atomic E-state index is 13.6. The van der Waals surface area contributed by atoms with E-state index in [4.69, 9.17) is 10.5 Å². The lowest BCUT2D eigenvalue weighted by atomic mass is 10.2. The summed E-state index contributed by atoms with van der Waals surface area (Å²) in [4.78, 5) is 0.0338. The van der Waals surface area contributed by atoms with Crippen LogP contribution < -0.4 is 5.73 Å². The Labute approximate surface area is 124 Å². The number of hydrogen-bond donors (Lipinski definition) is 1. The summed E-state index contributed by atoms with van der Waals surface area (Å²) < 4.78 is 46.2. The van der Waals surface area contributed by atoms with E-state index >= 15 is 0 Å². The molecule has 0 aliphatic carbocycles. The van der Waals surface area contributed by atoms with E-state index in [1.54, 1.807) is 0 Å². The molecule has 1 saturated heterocycles. The van der Waals surface area contributed by atoms with E-state index in [2.05, 4.69) is 0 Å². The van der Waals surface area contributed by atoms with Crippen LogP contribution in [0.2, 0.25) is 0 Å². The van der Waals surface area contributed by atoms with Gasteiger partial charge >= 0.3 is 0 Å². The fraction of sp³-hybridized carbons (Fsp3) is 0.571. The zero-order chi connectivity index (χ0) is 15.8. The lowest BCUT2D eigenvalue weighted by Crippen LogP contribution is -2.51. The second kappa shape index (κ2) is 5.90. The molecule has 1 aliphatic heterocycles. The average Bonchev–Trinajstić information content (AvgIpc) is 2.44. The van der Waals surface area contributed by atoms with E-state index < -0.39 is 15.8 Å². The van der Waals surface area contributed by atoms with Crippen molar-refractivity contribution in [2.75, 3.05) is 18.9 Å². The number of nitrogens with two attached hydrogens (primary N) is 1. The van der Waals surface area contributed by atoms with Crippen molar-refractivity contribution in [1.29, 1.82) is 0 Å². The van der Waals surface area contributed by atoms with Crippen molar-refractivity contribution in [2.45, 2.75) is 44.2 Å². The summed E-state index contributed by atoms with van der Waals surface area (Å²) in [5.41, 5.74) is 5.63. The summed E-state index contributed by atoms with van der Waals surface area (Å²) in [6, 6.07) is 2.30. The largest absolute Gasteiger partial charge is 0.396 e. The van der Waals surface area contributed by atoms with Crippen LogP contribution in [0.1, 0.15) is 25.8 Å². The normalized spacial score (nSPS) is 24.2. The molecule has 1 fully saturated rings. The molecule has 21 heavy (non-hydrogen) atoms. The number of aryl methyl sites for hydroxylation is 1. The van der Waals surface area contributed by atoms with Gasteiger partial charge in [0.1, 0.15) is 5.82 Å². The number of rotatable bonds is 3. The zero-order valence-corrected chi connectivity index (χ0v) is 13.3. The summed E-state index contributed by atoms with van der Waals surface area (Å²) in [6.07, 6.45) is 0.489. The fourth-order valence-corrected chi connectivity index (χ4v) is 4.36. The van der Waals surface area contributed by atoms with Crippen LogP contribution in [-0.2, 0) is 14.8 Å². The molecule has 1 aliphatic rings. The fourth-order valence-electron chi connectivity index (χ4n) is 2.48. The number of halogens is 1. The zero-order valence-electron chi connectivity index (χ0n) is 12.5. The summed E-state index contributed by atoms with van der Waals surface area (Å²) in [6.45, 7) is 5.91. The van der Waals surface area contributed by atoms with Crippen molar-refractivity contribution in [3.8, 4) is 0 Å². The monoisotopic (exact) mass is 316 g/mol. The Hall–Kier alpha value is -1.18. The first kappa shape index (κ1) is 16.2. The number of hydrogen-bond acceptors (Lipinski definition) is 4. The molecule has 7 heteroatoms. The SMILES string of the molecule is CCC1COC(C)CN1S(=O)(=O)c1cc(C)c(F)c(N)c1. The van der Waals surface area contributed by atoms with Gasteiger partial charge in [-0.25, -0.2) is 12.8 Å². The van der Waals surface area contributed by atoms with E-state index in [0.29, 0.717) is 13.0 Å². The van der Waals surface area contributed by atoms with Crippen molar-refractivity contribution >= 4 is 15.7 Å². The van der Waals surface area contributed by atoms with Gasteiger partial charge < -0.3 is 10.5 Å². The number of morpholine rings is 1. The van der Waals surface area contributed by atoms with Gasteiger partial charge in [0.05, 0.1) is 23.3 Å². The van der Waals surface area contributed by atoms with Crippen LogP contribution in [0.3, 0.4) is 0 Å². The molecular formula is C14H21FN2O3S. The van der Waals surface area contributed by atoms with Gasteiger partial charge in [0.25, 0.3) is 0 Å². The van der Waals surface area contributed by atoms with E-state index in [1.807, 2.05) is 13.8 Å². The van der Waals surface area contributed by atoms with Gasteiger partial charge in [0.15, 0.2) is 0 Å². The number of anilines is 1. The average molecular weight is 316 g/mol. The molecule has 1 heterocycles. The first-order valence-electron chi connectivity index (χ1n) is 6.96. The summed E-state index contributed by atoms with van der Waals surface area (Å²) >= 11 is 0. The molecule has 2 unspecified atom stereocenters. The number of nitrogens with zero attached hydrogens (tertiary/aromatic N) is 1. The van der Waals surface area contributed by atoms with Crippen LogP contribution in [0.25, 0.3) is 0 Å². The first-order chi connectivity index (χ1) is 9.77. The predicted molar refractivity (Wildman–Crippen MR) is 78.9 cm³/mol. The van der Waals surface area contributed by atoms with Crippen LogP contribution in [0.5, 0.6) is 0 Å². The number of benzene rings is 1. The van der Waals surface area contributed by atoms with E-state index in [0.717, 1.165) is 0 Å². The molecule has 0 spiro atoms. The maximum Gasteiger partial charge on any atom is 0.243 e. The molecule has 1 aromatic carbocycles. The topological polar surface area (TPSA) is 72.6 Å². The second-order valence-corrected chi connectivity index (χ2v) is 7.31. The van der Waals surface area contributed by atoms with Gasteiger partial charge in [-0.2, -0.15) is 4.31 Å². The molecule has 2 atom stereocenters. The third-order valence-corrected chi connectivity index (χ3v) is 5.65. The van der Waals surface area contributed by atoms with Gasteiger partial charge in [0.2, 0.25) is 10.0 Å². The Morgan fingerprint density at radius 3 is 2.71 bits per heavy atom. The highest BCUT2D eigenvalue weighted by Gasteiger charge is 2.36. The number of sulfonamides is 1. The molecule has 2 rings (SSSR count). The molecular weight excluding hydrogens is 295 g/mol. The summed E-state index contributed by atoms with van der Waals surface area (Å²) in [5.74, 6) is -0.573. The van der Waals surface area contributed by atoms with Crippen molar-refractivity contribution < 1.29 is 17.5 Å². The molecule has 2 N–H and O–H groups in total. The minimum atomic E-state index is -3.71. The van der Waals surface area contributed by atoms with Crippen LogP contribution in [0.15, 0.2) is 17.0 Å². The van der Waals surface area contributed by atoms with Crippen LogP contribution >= 0.6 is 0 Å². The first-order valence-corrected chi connectivity index (χ1v) is 8.40. The standard InChI is InChI=1S/C14H21FN2O3S/c1-4-11-8-20-10(3)7-17(11)21(18,19)12-5-9(2)14(15)13(16)6-12/h5-6,10-11H,4,7-8,16H2,1-3H3. The lowest BCUT2D eigenvalue weighted by Gasteiger charge is -2.37. The minimum Gasteiger partial charge on any atom is -0.396 e. The predicted octanol–water partition coefficient (Wildman–Crippen LogP) is 1.90. The summed E-state index contributed by atoms with van der Waals surface area (Å²) in [5, 5.41) is 0. The van der Waals surface area contributed by atoms with Gasteiger partial charge in [-0.05, 0) is 38.0 Å². The highest BCUT2D eigenvalue weighted by atomic mass is 32.2. The molecule has 0 bridgehead atoms. The number of ether oxygens (including phenoxy) is 1. The smallest absolute Gasteiger partial charge is 0.243 e. The Morgan fingerprint density at radius 2 is 2.14 bits per heavy atom. The molecule has 0 aromatic heterocycles. The van der Waals surface area contributed by atoms with Crippen molar-refractivity contribution in [2.24, 2.45) is 0 Å². The Kier molecular flexibility index (Phi) is 4.55. The third kappa shape index (κ3) is 3.04. The second-order valence-electron chi connectivity index (χ2n) is 5.42. The quantitative estimate of drug-likeness (QED) is 0.865. The van der Waals surface area contributed by atoms with Crippen molar-refractivity contribution in [1.82, 2.24) is 4.31 Å². The maximum absolute atomic E-state index is 13.6. The van der Waals surface area contributed by atoms with E-state index in [-0.39, 0.29) is 34.8 Å². The van der Waals surface area contributed by atoms with Gasteiger partial charge in [-0.3, -0.25) is 0 Å². The Balaban J connectivity index is 2.45. The lowest BCUT2D eigenvalue weighted by molar-refractivity contribution is -0.0230. The molecule has 5 nitrogen and oxygen atoms in total. The Morgan fingerprint density at radius 1 is 1.48 bits per heavy atom. The van der Waals surface area contributed by atoms with Crippen molar-refractivity contribution in [3.63, 3.8) is 0 Å². The van der Waals surface area contributed by atoms with Gasteiger partial charge in [0, 0.05) is 12.6 Å².